The summed E-state index contributed by atoms with van der Waals surface area (Å²) < 4.78 is 5.18. The summed E-state index contributed by atoms with van der Waals surface area (Å²) in [7, 11) is 0. The predicted molar refractivity (Wildman–Crippen MR) is 80.3 cm³/mol. The Labute approximate surface area is 122 Å². The van der Waals surface area contributed by atoms with Gasteiger partial charge in [0.1, 0.15) is 17.5 Å². The minimum atomic E-state index is 0.534. The highest BCUT2D eigenvalue weighted by Gasteiger charge is 2.22. The Kier molecular flexibility index (Phi) is 2.84. The molecule has 3 aromatic rings. The Morgan fingerprint density at radius 2 is 2.19 bits per heavy atom. The number of hydrogen-bond acceptors (Lipinski definition) is 5. The van der Waals surface area contributed by atoms with Crippen molar-refractivity contribution < 1.29 is 4.52 Å². The quantitative estimate of drug-likeness (QED) is 0.798. The van der Waals surface area contributed by atoms with E-state index in [0.29, 0.717) is 11.6 Å². The summed E-state index contributed by atoms with van der Waals surface area (Å²) in [5.41, 5.74) is 4.28. The number of hydrogen-bond donors (Lipinski definition) is 1. The fourth-order valence-electron chi connectivity index (χ4n) is 3.13. The lowest BCUT2D eigenvalue weighted by molar-refractivity contribution is 0.442. The van der Waals surface area contributed by atoms with Gasteiger partial charge < -0.3 is 9.84 Å². The van der Waals surface area contributed by atoms with Gasteiger partial charge in [-0.1, -0.05) is 29.4 Å². The summed E-state index contributed by atoms with van der Waals surface area (Å²) in [6.07, 6.45) is 3.86. The van der Waals surface area contributed by atoms with E-state index >= 15 is 0 Å². The van der Waals surface area contributed by atoms with E-state index in [1.807, 2.05) is 6.92 Å². The third kappa shape index (κ3) is 2.05. The van der Waals surface area contributed by atoms with Crippen LogP contribution < -0.4 is 5.32 Å². The Morgan fingerprint density at radius 3 is 3.14 bits per heavy atom. The van der Waals surface area contributed by atoms with Crippen LogP contribution in [0.2, 0.25) is 0 Å². The fraction of sp³-hybridized carbons (Fsp3) is 0.312. The maximum atomic E-state index is 5.18. The highest BCUT2D eigenvalue weighted by Crippen LogP contribution is 2.33. The van der Waals surface area contributed by atoms with E-state index in [9.17, 15) is 0 Å². The number of nitrogens with one attached hydrogen (secondary N) is 1. The minimum Gasteiger partial charge on any atom is -0.369 e. The topological polar surface area (TPSA) is 63.8 Å². The summed E-state index contributed by atoms with van der Waals surface area (Å²) >= 11 is 0. The third-order valence-corrected chi connectivity index (χ3v) is 4.22. The first-order chi connectivity index (χ1) is 10.3. The van der Waals surface area contributed by atoms with Crippen molar-refractivity contribution in [3.05, 3.63) is 47.4 Å². The van der Waals surface area contributed by atoms with Crippen molar-refractivity contribution in [2.24, 2.45) is 0 Å². The normalized spacial score (nSPS) is 17.1. The second-order valence-electron chi connectivity index (χ2n) is 5.49. The van der Waals surface area contributed by atoms with Crippen LogP contribution in [-0.2, 0) is 6.42 Å². The molecule has 5 heteroatoms. The van der Waals surface area contributed by atoms with Crippen LogP contribution in [0.5, 0.6) is 0 Å². The molecule has 106 valence electrons. The van der Waals surface area contributed by atoms with Crippen molar-refractivity contribution in [3.63, 3.8) is 0 Å². The monoisotopic (exact) mass is 280 g/mol. The molecule has 1 aromatic carbocycles. The van der Waals surface area contributed by atoms with Crippen molar-refractivity contribution in [2.75, 3.05) is 11.9 Å². The SMILES string of the molecule is Cc1noc2ncnc(NCC3CCc4ccccc43)c12. The Balaban J connectivity index is 1.58. The van der Waals surface area contributed by atoms with Crippen LogP contribution in [0.15, 0.2) is 35.1 Å². The van der Waals surface area contributed by atoms with E-state index in [-0.39, 0.29) is 0 Å². The molecule has 0 saturated heterocycles. The van der Waals surface area contributed by atoms with Crippen LogP contribution in [0.1, 0.15) is 29.2 Å². The first-order valence-corrected chi connectivity index (χ1v) is 7.21. The van der Waals surface area contributed by atoms with Gasteiger partial charge in [0.2, 0.25) is 0 Å². The van der Waals surface area contributed by atoms with Gasteiger partial charge in [-0.2, -0.15) is 4.98 Å². The van der Waals surface area contributed by atoms with Crippen LogP contribution in [-0.4, -0.2) is 21.7 Å². The zero-order chi connectivity index (χ0) is 14.2. The third-order valence-electron chi connectivity index (χ3n) is 4.22. The fourth-order valence-corrected chi connectivity index (χ4v) is 3.13. The maximum Gasteiger partial charge on any atom is 0.263 e. The number of nitrogens with zero attached hydrogens (tertiary/aromatic N) is 3. The first-order valence-electron chi connectivity index (χ1n) is 7.21. The number of fused-ring (bicyclic) bond motifs is 2. The number of aryl methyl sites for hydroxylation is 2. The van der Waals surface area contributed by atoms with Crippen LogP contribution in [0.3, 0.4) is 0 Å². The van der Waals surface area contributed by atoms with E-state index < -0.39 is 0 Å². The zero-order valence-electron chi connectivity index (χ0n) is 11.8. The molecular formula is C16H16N4O. The standard InChI is InChI=1S/C16H16N4O/c1-10-14-15(18-9-19-16(14)21-20-10)17-8-12-7-6-11-4-2-3-5-13(11)12/h2-5,9,12H,6-8H2,1H3,(H,17,18,19). The van der Waals surface area contributed by atoms with Gasteiger partial charge in [-0.15, -0.1) is 0 Å². The van der Waals surface area contributed by atoms with Gasteiger partial charge in [-0.05, 0) is 30.9 Å². The van der Waals surface area contributed by atoms with Gasteiger partial charge in [0.15, 0.2) is 0 Å². The summed E-state index contributed by atoms with van der Waals surface area (Å²) in [6, 6.07) is 8.69. The average Bonchev–Trinajstić information content (AvgIpc) is 3.10. The highest BCUT2D eigenvalue weighted by molar-refractivity contribution is 5.87. The van der Waals surface area contributed by atoms with Gasteiger partial charge in [0, 0.05) is 12.5 Å². The van der Waals surface area contributed by atoms with Crippen molar-refractivity contribution in [2.45, 2.75) is 25.7 Å². The van der Waals surface area contributed by atoms with Crippen LogP contribution >= 0.6 is 0 Å². The van der Waals surface area contributed by atoms with Crippen LogP contribution in [0, 0.1) is 6.92 Å². The molecule has 0 radical (unpaired) electrons. The molecule has 1 N–H and O–H groups in total. The largest absolute Gasteiger partial charge is 0.369 e. The molecule has 21 heavy (non-hydrogen) atoms. The minimum absolute atomic E-state index is 0.534. The molecule has 1 atom stereocenters. The second-order valence-corrected chi connectivity index (χ2v) is 5.49. The molecule has 0 saturated carbocycles. The number of benzene rings is 1. The van der Waals surface area contributed by atoms with E-state index in [1.165, 1.54) is 23.9 Å². The van der Waals surface area contributed by atoms with Gasteiger partial charge in [0.05, 0.1) is 5.69 Å². The van der Waals surface area contributed by atoms with E-state index in [4.69, 9.17) is 4.52 Å². The summed E-state index contributed by atoms with van der Waals surface area (Å²) in [5.74, 6) is 1.34. The van der Waals surface area contributed by atoms with E-state index in [2.05, 4.69) is 44.7 Å². The van der Waals surface area contributed by atoms with Crippen molar-refractivity contribution >= 4 is 16.9 Å². The molecule has 2 aromatic heterocycles. The average molecular weight is 280 g/mol. The molecule has 0 amide bonds. The molecule has 0 aliphatic heterocycles. The number of aromatic nitrogens is 3. The molecule has 5 nitrogen and oxygen atoms in total. The second kappa shape index (κ2) is 4.84. The molecule has 0 fully saturated rings. The van der Waals surface area contributed by atoms with Crippen molar-refractivity contribution in [1.29, 1.82) is 0 Å². The molecule has 0 spiro atoms. The van der Waals surface area contributed by atoms with Crippen LogP contribution in [0.4, 0.5) is 5.82 Å². The van der Waals surface area contributed by atoms with Gasteiger partial charge in [0.25, 0.3) is 5.71 Å². The van der Waals surface area contributed by atoms with Crippen molar-refractivity contribution in [3.8, 4) is 0 Å². The Hall–Kier alpha value is -2.43. The summed E-state index contributed by atoms with van der Waals surface area (Å²) in [5, 5.41) is 8.28. The first kappa shape index (κ1) is 12.3. The van der Waals surface area contributed by atoms with E-state index in [1.54, 1.807) is 0 Å². The Morgan fingerprint density at radius 1 is 1.29 bits per heavy atom. The van der Waals surface area contributed by atoms with Crippen LogP contribution in [0.25, 0.3) is 11.1 Å². The molecular weight excluding hydrogens is 264 g/mol. The smallest absolute Gasteiger partial charge is 0.263 e. The molecule has 2 heterocycles. The number of anilines is 1. The van der Waals surface area contributed by atoms with Crippen molar-refractivity contribution in [1.82, 2.24) is 15.1 Å². The molecule has 0 bridgehead atoms. The van der Waals surface area contributed by atoms with E-state index in [0.717, 1.165) is 29.9 Å². The predicted octanol–water partition coefficient (Wildman–Crippen LogP) is 3.07. The zero-order valence-corrected chi connectivity index (χ0v) is 11.8. The molecule has 4 rings (SSSR count). The lowest BCUT2D eigenvalue weighted by Crippen LogP contribution is -2.11. The summed E-state index contributed by atoms with van der Waals surface area (Å²) in [6.45, 7) is 2.78. The Bertz CT molecular complexity index is 796. The van der Waals surface area contributed by atoms with Gasteiger partial charge >= 0.3 is 0 Å². The van der Waals surface area contributed by atoms with Gasteiger partial charge in [-0.25, -0.2) is 4.98 Å². The summed E-state index contributed by atoms with van der Waals surface area (Å²) in [4.78, 5) is 8.43. The maximum absolute atomic E-state index is 5.18. The molecule has 1 unspecified atom stereocenters. The van der Waals surface area contributed by atoms with Gasteiger partial charge in [-0.3, -0.25) is 0 Å². The molecule has 1 aliphatic rings. The molecule has 1 aliphatic carbocycles. The lowest BCUT2D eigenvalue weighted by Gasteiger charge is -2.13. The number of rotatable bonds is 3. The highest BCUT2D eigenvalue weighted by atomic mass is 16.5. The lowest BCUT2D eigenvalue weighted by atomic mass is 10.0.